The van der Waals surface area contributed by atoms with E-state index in [0.29, 0.717) is 11.6 Å². The van der Waals surface area contributed by atoms with Crippen molar-refractivity contribution in [3.05, 3.63) is 33.3 Å². The third-order valence-electron chi connectivity index (χ3n) is 2.39. The number of aliphatic carboxylic acids is 1. The van der Waals surface area contributed by atoms with Crippen LogP contribution in [0.15, 0.2) is 18.2 Å². The second-order valence-electron chi connectivity index (χ2n) is 4.56. The quantitative estimate of drug-likeness (QED) is 0.642. The minimum absolute atomic E-state index is 0.147. The molecular weight excluding hydrogens is 272 g/mol. The first-order valence-corrected chi connectivity index (χ1v) is 6.09. The minimum Gasteiger partial charge on any atom is -0.480 e. The highest BCUT2D eigenvalue weighted by molar-refractivity contribution is 6.31. The molecule has 0 radical (unpaired) electrons. The number of nitro benzene ring substituents is 1. The Balaban J connectivity index is 3.22. The lowest BCUT2D eigenvalue weighted by atomic mass is 10.1. The Morgan fingerprint density at radius 3 is 2.63 bits per heavy atom. The Hall–Kier alpha value is -1.82. The van der Waals surface area contributed by atoms with Gasteiger partial charge >= 0.3 is 5.97 Å². The van der Waals surface area contributed by atoms with Crippen LogP contribution in [-0.2, 0) is 4.79 Å². The molecule has 0 amide bonds. The van der Waals surface area contributed by atoms with E-state index in [1.165, 1.54) is 23.1 Å². The molecule has 1 aromatic rings. The number of rotatable bonds is 6. The predicted octanol–water partition coefficient (Wildman–Crippen LogP) is 2.80. The zero-order chi connectivity index (χ0) is 14.6. The largest absolute Gasteiger partial charge is 0.480 e. The van der Waals surface area contributed by atoms with Gasteiger partial charge in [-0.3, -0.25) is 14.9 Å². The highest BCUT2D eigenvalue weighted by Crippen LogP contribution is 2.31. The monoisotopic (exact) mass is 286 g/mol. The summed E-state index contributed by atoms with van der Waals surface area (Å²) in [5.74, 6) is -0.882. The van der Waals surface area contributed by atoms with E-state index in [9.17, 15) is 14.9 Å². The molecule has 0 aliphatic rings. The first kappa shape index (κ1) is 15.2. The van der Waals surface area contributed by atoms with Crippen molar-refractivity contribution in [2.75, 3.05) is 18.0 Å². The number of carboxylic acid groups (broad SMARTS) is 1. The maximum absolute atomic E-state index is 11.0. The van der Waals surface area contributed by atoms with Crippen LogP contribution in [0.3, 0.4) is 0 Å². The molecule has 0 heterocycles. The van der Waals surface area contributed by atoms with Gasteiger partial charge in [0.2, 0.25) is 0 Å². The average molecular weight is 287 g/mol. The van der Waals surface area contributed by atoms with Crippen LogP contribution < -0.4 is 4.90 Å². The fourth-order valence-corrected chi connectivity index (χ4v) is 1.92. The summed E-state index contributed by atoms with van der Waals surface area (Å²) < 4.78 is 0. The second-order valence-corrected chi connectivity index (χ2v) is 4.99. The molecule has 0 atom stereocenters. The molecule has 0 saturated heterocycles. The Morgan fingerprint density at radius 1 is 1.53 bits per heavy atom. The molecule has 7 heteroatoms. The number of hydrogen-bond donors (Lipinski definition) is 1. The van der Waals surface area contributed by atoms with E-state index in [-0.39, 0.29) is 23.8 Å². The second kappa shape index (κ2) is 6.38. The molecule has 0 aromatic heterocycles. The number of benzene rings is 1. The molecule has 1 rings (SSSR count). The molecule has 0 unspecified atom stereocenters. The molecule has 1 aromatic carbocycles. The number of nitrogens with zero attached hydrogens (tertiary/aromatic N) is 2. The standard InChI is InChI=1S/C12H15ClN2O4/c1-8(2)6-14(7-12(16)17)11-5-9(13)3-4-10(11)15(18)19/h3-5,8H,6-7H2,1-2H3,(H,16,17). The van der Waals surface area contributed by atoms with Crippen molar-refractivity contribution in [2.24, 2.45) is 5.92 Å². The topological polar surface area (TPSA) is 83.7 Å². The number of nitro groups is 1. The number of carbonyl (C=O) groups is 1. The summed E-state index contributed by atoms with van der Waals surface area (Å²) in [5.41, 5.74) is 0.0832. The molecule has 0 aliphatic heterocycles. The smallest absolute Gasteiger partial charge is 0.323 e. The van der Waals surface area contributed by atoms with E-state index in [4.69, 9.17) is 16.7 Å². The highest BCUT2D eigenvalue weighted by Gasteiger charge is 2.22. The lowest BCUT2D eigenvalue weighted by Gasteiger charge is -2.24. The van der Waals surface area contributed by atoms with Crippen LogP contribution in [0.2, 0.25) is 5.02 Å². The first-order chi connectivity index (χ1) is 8.81. The third kappa shape index (κ3) is 4.40. The van der Waals surface area contributed by atoms with Gasteiger partial charge in [-0.2, -0.15) is 0 Å². The van der Waals surface area contributed by atoms with Gasteiger partial charge in [0.25, 0.3) is 5.69 Å². The first-order valence-electron chi connectivity index (χ1n) is 5.72. The van der Waals surface area contributed by atoms with E-state index in [1.54, 1.807) is 0 Å². The zero-order valence-corrected chi connectivity index (χ0v) is 11.4. The summed E-state index contributed by atoms with van der Waals surface area (Å²) in [7, 11) is 0. The summed E-state index contributed by atoms with van der Waals surface area (Å²) >= 11 is 5.84. The van der Waals surface area contributed by atoms with Crippen molar-refractivity contribution < 1.29 is 14.8 Å². The van der Waals surface area contributed by atoms with Gasteiger partial charge in [0.15, 0.2) is 0 Å². The van der Waals surface area contributed by atoms with Crippen molar-refractivity contribution in [3.8, 4) is 0 Å². The fraction of sp³-hybridized carbons (Fsp3) is 0.417. The average Bonchev–Trinajstić information content (AvgIpc) is 2.26. The zero-order valence-electron chi connectivity index (χ0n) is 10.7. The van der Waals surface area contributed by atoms with Crippen molar-refractivity contribution in [1.82, 2.24) is 0 Å². The Kier molecular flexibility index (Phi) is 5.11. The van der Waals surface area contributed by atoms with Gasteiger partial charge < -0.3 is 10.0 Å². The van der Waals surface area contributed by atoms with Crippen molar-refractivity contribution in [1.29, 1.82) is 0 Å². The SMILES string of the molecule is CC(C)CN(CC(=O)O)c1cc(Cl)ccc1[N+](=O)[O-]. The van der Waals surface area contributed by atoms with E-state index in [0.717, 1.165) is 0 Å². The molecular formula is C12H15ClN2O4. The van der Waals surface area contributed by atoms with Crippen LogP contribution in [0.25, 0.3) is 0 Å². The normalized spacial score (nSPS) is 10.5. The van der Waals surface area contributed by atoms with Gasteiger partial charge in [0.05, 0.1) is 4.92 Å². The van der Waals surface area contributed by atoms with Gasteiger partial charge in [-0.25, -0.2) is 0 Å². The molecule has 19 heavy (non-hydrogen) atoms. The molecule has 0 saturated carbocycles. The van der Waals surface area contributed by atoms with E-state index in [2.05, 4.69) is 0 Å². The van der Waals surface area contributed by atoms with E-state index >= 15 is 0 Å². The Bertz CT molecular complexity index is 491. The van der Waals surface area contributed by atoms with E-state index < -0.39 is 10.9 Å². The third-order valence-corrected chi connectivity index (χ3v) is 2.62. The number of halogens is 1. The van der Waals surface area contributed by atoms with Gasteiger partial charge in [-0.1, -0.05) is 25.4 Å². The maximum atomic E-state index is 11.0. The molecule has 1 N–H and O–H groups in total. The lowest BCUT2D eigenvalue weighted by Crippen LogP contribution is -2.33. The predicted molar refractivity (Wildman–Crippen MR) is 72.8 cm³/mol. The lowest BCUT2D eigenvalue weighted by molar-refractivity contribution is -0.384. The fourth-order valence-electron chi connectivity index (χ4n) is 1.76. The Morgan fingerprint density at radius 2 is 2.16 bits per heavy atom. The summed E-state index contributed by atoms with van der Waals surface area (Å²) in [5, 5.41) is 20.2. The van der Waals surface area contributed by atoms with Crippen LogP contribution >= 0.6 is 11.6 Å². The van der Waals surface area contributed by atoms with E-state index in [1.807, 2.05) is 13.8 Å². The molecule has 6 nitrogen and oxygen atoms in total. The molecule has 104 valence electrons. The van der Waals surface area contributed by atoms with Gasteiger partial charge in [0, 0.05) is 17.6 Å². The molecule has 0 fully saturated rings. The number of carboxylic acids is 1. The van der Waals surface area contributed by atoms with Gasteiger partial charge in [-0.05, 0) is 18.1 Å². The summed E-state index contributed by atoms with van der Waals surface area (Å²) in [6.07, 6.45) is 0. The van der Waals surface area contributed by atoms with Crippen LogP contribution in [0, 0.1) is 16.0 Å². The highest BCUT2D eigenvalue weighted by atomic mass is 35.5. The number of anilines is 1. The van der Waals surface area contributed by atoms with Gasteiger partial charge in [0.1, 0.15) is 12.2 Å². The van der Waals surface area contributed by atoms with Crippen molar-refractivity contribution in [3.63, 3.8) is 0 Å². The minimum atomic E-state index is -1.05. The summed E-state index contributed by atoms with van der Waals surface area (Å²) in [4.78, 5) is 22.8. The van der Waals surface area contributed by atoms with Crippen LogP contribution in [-0.4, -0.2) is 29.1 Å². The maximum Gasteiger partial charge on any atom is 0.323 e. The Labute approximate surface area is 115 Å². The molecule has 0 bridgehead atoms. The van der Waals surface area contributed by atoms with Crippen LogP contribution in [0.4, 0.5) is 11.4 Å². The molecule has 0 aliphatic carbocycles. The van der Waals surface area contributed by atoms with Crippen LogP contribution in [0.5, 0.6) is 0 Å². The number of hydrogen-bond acceptors (Lipinski definition) is 4. The molecule has 0 spiro atoms. The van der Waals surface area contributed by atoms with Crippen LogP contribution in [0.1, 0.15) is 13.8 Å². The summed E-state index contributed by atoms with van der Waals surface area (Å²) in [6, 6.07) is 4.12. The summed E-state index contributed by atoms with van der Waals surface area (Å²) in [6.45, 7) is 3.91. The van der Waals surface area contributed by atoms with Crippen molar-refractivity contribution in [2.45, 2.75) is 13.8 Å². The van der Waals surface area contributed by atoms with Gasteiger partial charge in [-0.15, -0.1) is 0 Å². The van der Waals surface area contributed by atoms with Crippen molar-refractivity contribution >= 4 is 28.9 Å².